The van der Waals surface area contributed by atoms with Crippen molar-refractivity contribution in [2.75, 3.05) is 0 Å². The van der Waals surface area contributed by atoms with E-state index in [1.807, 2.05) is 0 Å². The van der Waals surface area contributed by atoms with E-state index < -0.39 is 10.2 Å². The molecule has 0 aromatic rings. The highest BCUT2D eigenvalue weighted by Gasteiger charge is 1.65. The van der Waals surface area contributed by atoms with Gasteiger partial charge in [-0.25, -0.2) is 0 Å². The van der Waals surface area contributed by atoms with Crippen LogP contribution < -0.4 is 12.3 Å². The van der Waals surface area contributed by atoms with E-state index in [0.29, 0.717) is 0 Å². The summed E-state index contributed by atoms with van der Waals surface area (Å²) in [5, 5.41) is 27.3. The van der Waals surface area contributed by atoms with Crippen LogP contribution in [-0.2, 0) is 0 Å². The van der Waals surface area contributed by atoms with E-state index in [2.05, 4.69) is 17.9 Å². The zero-order chi connectivity index (χ0) is 9.15. The minimum Gasteiger partial charge on any atom is -0.344 e. The molecule has 0 aromatic carbocycles. The molecule has 0 saturated carbocycles. The smallest absolute Gasteiger partial charge is 0.291 e. The van der Waals surface area contributed by atoms with E-state index in [-0.39, 0.29) is 12.3 Å². The van der Waals surface area contributed by atoms with Crippen LogP contribution in [0.2, 0.25) is 0 Å². The molecule has 0 rings (SSSR count). The Morgan fingerprint density at radius 2 is 0.917 bits per heavy atom. The fourth-order valence-electron chi connectivity index (χ4n) is 0. The summed E-state index contributed by atoms with van der Waals surface area (Å²) in [7, 11) is 4.67. The molecular weight excluding hydrogens is 214 g/mol. The number of nitrogens with zero attached hydrogens (tertiary/aromatic N) is 2. The average molecular weight is 226 g/mol. The molecule has 2 unspecified atom stereocenters. The third-order valence-electron chi connectivity index (χ3n) is 0. The molecule has 12 heavy (non-hydrogen) atoms. The molecule has 0 fully saturated rings. The lowest BCUT2D eigenvalue weighted by molar-refractivity contribution is -0.742. The van der Waals surface area contributed by atoms with Crippen molar-refractivity contribution in [3.8, 4) is 0 Å². The Morgan fingerprint density at radius 3 is 0.917 bits per heavy atom. The maximum atomic E-state index is 8.36. The second-order valence-electron chi connectivity index (χ2n) is 0.476. The van der Waals surface area contributed by atoms with Crippen LogP contribution in [-0.4, -0.2) is 20.6 Å². The molecule has 0 bridgehead atoms. The minimum atomic E-state index is -1.50. The van der Waals surface area contributed by atoms with Gasteiger partial charge in [0.15, 0.2) is 0 Å². The van der Waals surface area contributed by atoms with Gasteiger partial charge in [-0.05, 0) is 0 Å². The Balaban J connectivity index is -0.0000000198. The van der Waals surface area contributed by atoms with Crippen molar-refractivity contribution in [1.29, 1.82) is 0 Å². The van der Waals surface area contributed by atoms with Crippen molar-refractivity contribution in [3.05, 3.63) is 20.2 Å². The van der Waals surface area contributed by atoms with Crippen molar-refractivity contribution >= 4 is 17.9 Å². The van der Waals surface area contributed by atoms with Crippen molar-refractivity contribution in [1.82, 2.24) is 12.3 Å². The summed E-state index contributed by atoms with van der Waals surface area (Å²) in [6, 6.07) is 0. The summed E-state index contributed by atoms with van der Waals surface area (Å²) >= 11 is 0. The molecule has 0 heterocycles. The fraction of sp³-hybridized carbons (Fsp3) is 0. The molecule has 0 radical (unpaired) electrons. The molecule has 10 nitrogen and oxygen atoms in total. The van der Waals surface area contributed by atoms with E-state index in [1.54, 1.807) is 0 Å². The standard InChI is InChI=1S/2HNO3.2H3N.H4P2/c2*2-1(3)4;;;1-2/h2*(H,2,3,4);2*1H3;1-2H2. The molecule has 0 aliphatic rings. The Hall–Kier alpha value is -0.820. The van der Waals surface area contributed by atoms with Gasteiger partial charge >= 0.3 is 0 Å². The lowest BCUT2D eigenvalue weighted by atomic mass is 13.1. The Labute approximate surface area is 72.0 Å². The summed E-state index contributed by atoms with van der Waals surface area (Å²) in [5.74, 6) is 0. The third-order valence-corrected chi connectivity index (χ3v) is 0. The van der Waals surface area contributed by atoms with Gasteiger partial charge in [-0.2, -0.15) is 0 Å². The SMILES string of the molecule is N.N.O=[N+]([O-])O.O=[N+]([O-])O.PP. The highest BCUT2D eigenvalue weighted by atomic mass is 32.0. The number of hydrogen-bond donors (Lipinski definition) is 4. The molecule has 0 saturated heterocycles. The molecular formula is H12N4O6P2. The Morgan fingerprint density at radius 1 is 0.917 bits per heavy atom. The van der Waals surface area contributed by atoms with E-state index >= 15 is 0 Å². The minimum absolute atomic E-state index is 0. The van der Waals surface area contributed by atoms with E-state index in [1.165, 1.54) is 0 Å². The molecule has 0 aromatic heterocycles. The first kappa shape index (κ1) is 30.3. The molecule has 12 heteroatoms. The lowest BCUT2D eigenvalue weighted by Crippen LogP contribution is -1.81. The first-order valence-electron chi connectivity index (χ1n) is 1.46. The predicted molar refractivity (Wildman–Crippen MR) is 47.0 cm³/mol. The number of rotatable bonds is 0. The predicted octanol–water partition coefficient (Wildman–Crippen LogP) is 0.280. The highest BCUT2D eigenvalue weighted by Crippen LogP contribution is 1.86. The van der Waals surface area contributed by atoms with Gasteiger partial charge in [0.05, 0.1) is 0 Å². The topological polar surface area (TPSA) is 197 Å². The van der Waals surface area contributed by atoms with Crippen molar-refractivity contribution < 1.29 is 20.6 Å². The Kier molecular flexibility index (Phi) is 80.8. The van der Waals surface area contributed by atoms with Crippen LogP contribution in [0.5, 0.6) is 0 Å². The van der Waals surface area contributed by atoms with Gasteiger partial charge in [-0.3, -0.25) is 0 Å². The summed E-state index contributed by atoms with van der Waals surface area (Å²) in [6.45, 7) is 0. The van der Waals surface area contributed by atoms with Crippen LogP contribution >= 0.6 is 17.9 Å². The Bertz CT molecular complexity index is 75.5. The van der Waals surface area contributed by atoms with Crippen LogP contribution in [0.25, 0.3) is 0 Å². The van der Waals surface area contributed by atoms with Gasteiger partial charge < -0.3 is 22.7 Å². The van der Waals surface area contributed by atoms with Crippen LogP contribution in [0.3, 0.4) is 0 Å². The second-order valence-corrected chi connectivity index (χ2v) is 0.476. The van der Waals surface area contributed by atoms with Gasteiger partial charge in [0, 0.05) is 0 Å². The molecule has 0 spiro atoms. The van der Waals surface area contributed by atoms with Crippen molar-refractivity contribution in [2.45, 2.75) is 0 Å². The van der Waals surface area contributed by atoms with Gasteiger partial charge in [0.2, 0.25) is 0 Å². The second kappa shape index (κ2) is 32.0. The zero-order valence-electron chi connectivity index (χ0n) is 5.99. The summed E-state index contributed by atoms with van der Waals surface area (Å²) in [5.41, 5.74) is 0. The quantitative estimate of drug-likeness (QED) is 0.256. The van der Waals surface area contributed by atoms with Crippen molar-refractivity contribution in [3.63, 3.8) is 0 Å². The molecule has 0 aliphatic heterocycles. The fourth-order valence-corrected chi connectivity index (χ4v) is 0. The normalized spacial score (nSPS) is 4.50. The lowest BCUT2D eigenvalue weighted by Gasteiger charge is -1.56. The first-order chi connectivity index (χ1) is 4.46. The summed E-state index contributed by atoms with van der Waals surface area (Å²) < 4.78 is 0. The molecule has 78 valence electrons. The molecule has 2 atom stereocenters. The first-order valence-corrected chi connectivity index (χ1v) is 4.13. The average Bonchev–Trinajstić information content (AvgIpc) is 1.66. The van der Waals surface area contributed by atoms with Crippen LogP contribution in [0, 0.1) is 20.2 Å². The van der Waals surface area contributed by atoms with Gasteiger partial charge in [-0.15, -0.1) is 38.1 Å². The molecule has 8 N–H and O–H groups in total. The zero-order valence-corrected chi connectivity index (χ0v) is 8.30. The van der Waals surface area contributed by atoms with Gasteiger partial charge in [0.1, 0.15) is 0 Å². The maximum absolute atomic E-state index is 8.36. The molecule has 0 amide bonds. The summed E-state index contributed by atoms with van der Waals surface area (Å²) in [6.07, 6.45) is 0. The van der Waals surface area contributed by atoms with Crippen LogP contribution in [0.1, 0.15) is 0 Å². The van der Waals surface area contributed by atoms with Gasteiger partial charge in [0.25, 0.3) is 10.2 Å². The van der Waals surface area contributed by atoms with E-state index in [4.69, 9.17) is 30.6 Å². The summed E-state index contributed by atoms with van der Waals surface area (Å²) in [4.78, 5) is 16.7. The molecule has 0 aliphatic carbocycles. The van der Waals surface area contributed by atoms with Crippen LogP contribution in [0.15, 0.2) is 0 Å². The van der Waals surface area contributed by atoms with Crippen molar-refractivity contribution in [2.24, 2.45) is 0 Å². The van der Waals surface area contributed by atoms with Crippen LogP contribution in [0.4, 0.5) is 0 Å². The van der Waals surface area contributed by atoms with Gasteiger partial charge in [-0.1, -0.05) is 0 Å². The monoisotopic (exact) mass is 226 g/mol. The largest absolute Gasteiger partial charge is 0.344 e. The third kappa shape index (κ3) is 914. The van der Waals surface area contributed by atoms with E-state index in [0.717, 1.165) is 0 Å². The van der Waals surface area contributed by atoms with E-state index in [9.17, 15) is 0 Å². The highest BCUT2D eigenvalue weighted by molar-refractivity contribution is 7.92. The maximum Gasteiger partial charge on any atom is 0.291 e. The number of hydrogen-bond acceptors (Lipinski definition) is 6.